The van der Waals surface area contributed by atoms with Gasteiger partial charge in [-0.15, -0.1) is 0 Å². The van der Waals surface area contributed by atoms with Crippen LogP contribution >= 0.6 is 0 Å². The van der Waals surface area contributed by atoms with Gasteiger partial charge in [-0.1, -0.05) is 0 Å². The number of aliphatic hydroxyl groups is 1. The van der Waals surface area contributed by atoms with E-state index in [0.717, 1.165) is 6.20 Å². The van der Waals surface area contributed by atoms with Gasteiger partial charge < -0.3 is 5.11 Å². The molecule has 0 aliphatic rings. The van der Waals surface area contributed by atoms with Crippen LogP contribution in [0.3, 0.4) is 0 Å². The number of aromatic nitrogens is 2. The first kappa shape index (κ1) is 7.21. The lowest BCUT2D eigenvalue weighted by molar-refractivity contribution is 0.168. The highest BCUT2D eigenvalue weighted by atomic mass is 19.1. The molecule has 1 atom stereocenters. The number of hydrogen-bond donors (Lipinski definition) is 1. The van der Waals surface area contributed by atoms with E-state index in [9.17, 15) is 4.39 Å². The van der Waals surface area contributed by atoms with Crippen LogP contribution in [0.25, 0.3) is 0 Å². The summed E-state index contributed by atoms with van der Waals surface area (Å²) >= 11 is 0. The van der Waals surface area contributed by atoms with Gasteiger partial charge in [0.2, 0.25) is 0 Å². The van der Waals surface area contributed by atoms with Gasteiger partial charge in [-0.25, -0.2) is 4.39 Å². The fourth-order valence-electron chi connectivity index (χ4n) is 0.709. The molecule has 0 fully saturated rings. The predicted octanol–water partition coefficient (Wildman–Crippen LogP) is 0.403. The largest absolute Gasteiger partial charge is 0.391 e. The van der Waals surface area contributed by atoms with Gasteiger partial charge in [-0.05, 0) is 6.92 Å². The molecule has 3 nitrogen and oxygen atoms in total. The summed E-state index contributed by atoms with van der Waals surface area (Å²) in [6, 6.07) is 0. The Balaban J connectivity index is 2.58. The molecule has 10 heavy (non-hydrogen) atoms. The Morgan fingerprint density at radius 2 is 2.60 bits per heavy atom. The molecule has 1 aromatic heterocycles. The minimum absolute atomic E-state index is 0.337. The first-order chi connectivity index (χ1) is 4.68. The maximum atomic E-state index is 12.2. The summed E-state index contributed by atoms with van der Waals surface area (Å²) in [4.78, 5) is 0. The second-order valence-electron chi connectivity index (χ2n) is 2.23. The van der Waals surface area contributed by atoms with Crippen molar-refractivity contribution < 1.29 is 9.50 Å². The maximum Gasteiger partial charge on any atom is 0.161 e. The third-order valence-corrected chi connectivity index (χ3v) is 1.05. The van der Waals surface area contributed by atoms with Crippen molar-refractivity contribution in [1.29, 1.82) is 0 Å². The van der Waals surface area contributed by atoms with Crippen molar-refractivity contribution in [3.05, 3.63) is 18.2 Å². The summed E-state index contributed by atoms with van der Waals surface area (Å²) in [5.41, 5.74) is 0. The summed E-state index contributed by atoms with van der Waals surface area (Å²) in [6.07, 6.45) is 1.87. The quantitative estimate of drug-likeness (QED) is 0.652. The molecule has 1 heterocycles. The lowest BCUT2D eigenvalue weighted by Gasteiger charge is -2.01. The minimum Gasteiger partial charge on any atom is -0.391 e. The van der Waals surface area contributed by atoms with Crippen LogP contribution in [0.5, 0.6) is 0 Å². The Morgan fingerprint density at radius 1 is 1.90 bits per heavy atom. The molecule has 0 aliphatic carbocycles. The normalized spacial score (nSPS) is 13.5. The molecule has 56 valence electrons. The van der Waals surface area contributed by atoms with E-state index >= 15 is 0 Å². The second kappa shape index (κ2) is 2.79. The van der Waals surface area contributed by atoms with Crippen molar-refractivity contribution in [2.75, 3.05) is 0 Å². The van der Waals surface area contributed by atoms with E-state index in [-0.39, 0.29) is 5.82 Å². The minimum atomic E-state index is -0.487. The van der Waals surface area contributed by atoms with Crippen LogP contribution in [0, 0.1) is 5.82 Å². The first-order valence-corrected chi connectivity index (χ1v) is 3.04. The van der Waals surface area contributed by atoms with E-state index in [1.807, 2.05) is 0 Å². The Labute approximate surface area is 58.1 Å². The van der Waals surface area contributed by atoms with Crippen molar-refractivity contribution in [3.63, 3.8) is 0 Å². The van der Waals surface area contributed by atoms with E-state index in [1.165, 1.54) is 10.9 Å². The molecule has 0 aliphatic heterocycles. The third-order valence-electron chi connectivity index (χ3n) is 1.05. The highest BCUT2D eigenvalue weighted by Crippen LogP contribution is 1.94. The molecular formula is C6H9FN2O. The van der Waals surface area contributed by atoms with Gasteiger partial charge in [-0.3, -0.25) is 4.68 Å². The molecule has 0 radical (unpaired) electrons. The zero-order chi connectivity index (χ0) is 7.56. The van der Waals surface area contributed by atoms with Gasteiger partial charge in [-0.2, -0.15) is 5.10 Å². The van der Waals surface area contributed by atoms with Crippen molar-refractivity contribution in [2.24, 2.45) is 0 Å². The summed E-state index contributed by atoms with van der Waals surface area (Å²) < 4.78 is 13.6. The standard InChI is InChI=1S/C6H9FN2O/c1-5(10)3-9-4-6(7)2-8-9/h2,4-5,10H,3H2,1H3/t5-/m1/s1. The fourth-order valence-corrected chi connectivity index (χ4v) is 0.709. The third kappa shape index (κ3) is 1.80. The molecule has 1 N–H and O–H groups in total. The highest BCUT2D eigenvalue weighted by Gasteiger charge is 1.99. The average Bonchev–Trinajstić information content (AvgIpc) is 2.13. The fraction of sp³-hybridized carbons (Fsp3) is 0.500. The molecule has 0 spiro atoms. The Hall–Kier alpha value is -0.900. The van der Waals surface area contributed by atoms with E-state index in [0.29, 0.717) is 6.54 Å². The Bertz CT molecular complexity index is 209. The second-order valence-corrected chi connectivity index (χ2v) is 2.23. The molecule has 0 saturated carbocycles. The molecule has 0 unspecified atom stereocenters. The Morgan fingerprint density at radius 3 is 3.00 bits per heavy atom. The SMILES string of the molecule is C[C@@H](O)Cn1cc(F)cn1. The van der Waals surface area contributed by atoms with Crippen molar-refractivity contribution in [1.82, 2.24) is 9.78 Å². The summed E-state index contributed by atoms with van der Waals surface area (Å²) in [5, 5.41) is 12.5. The monoisotopic (exact) mass is 144 g/mol. The van der Waals surface area contributed by atoms with Crippen molar-refractivity contribution in [3.8, 4) is 0 Å². The lowest BCUT2D eigenvalue weighted by Crippen LogP contribution is -2.11. The van der Waals surface area contributed by atoms with Crippen LogP contribution < -0.4 is 0 Å². The van der Waals surface area contributed by atoms with Crippen molar-refractivity contribution >= 4 is 0 Å². The van der Waals surface area contributed by atoms with Gasteiger partial charge in [0.1, 0.15) is 0 Å². The summed E-state index contributed by atoms with van der Waals surface area (Å²) in [7, 11) is 0. The van der Waals surface area contributed by atoms with Crippen LogP contribution in [0.1, 0.15) is 6.92 Å². The molecule has 1 rings (SSSR count). The number of hydrogen-bond acceptors (Lipinski definition) is 2. The molecule has 0 aromatic carbocycles. The average molecular weight is 144 g/mol. The van der Waals surface area contributed by atoms with Crippen LogP contribution in [-0.2, 0) is 6.54 Å². The van der Waals surface area contributed by atoms with Gasteiger partial charge in [0.25, 0.3) is 0 Å². The molecule has 0 saturated heterocycles. The van der Waals surface area contributed by atoms with Gasteiger partial charge >= 0.3 is 0 Å². The molecule has 4 heteroatoms. The first-order valence-electron chi connectivity index (χ1n) is 3.04. The topological polar surface area (TPSA) is 38.0 Å². The molecule has 1 aromatic rings. The van der Waals surface area contributed by atoms with Gasteiger partial charge in [0, 0.05) is 0 Å². The zero-order valence-corrected chi connectivity index (χ0v) is 5.66. The number of nitrogens with zero attached hydrogens (tertiary/aromatic N) is 2. The lowest BCUT2D eigenvalue weighted by atomic mass is 10.4. The number of aliphatic hydroxyl groups excluding tert-OH is 1. The highest BCUT2D eigenvalue weighted by molar-refractivity contribution is 4.83. The predicted molar refractivity (Wildman–Crippen MR) is 33.9 cm³/mol. The van der Waals surface area contributed by atoms with E-state index < -0.39 is 6.10 Å². The van der Waals surface area contributed by atoms with Crippen molar-refractivity contribution in [2.45, 2.75) is 19.6 Å². The number of rotatable bonds is 2. The van der Waals surface area contributed by atoms with E-state index in [4.69, 9.17) is 5.11 Å². The van der Waals surface area contributed by atoms with E-state index in [2.05, 4.69) is 5.10 Å². The smallest absolute Gasteiger partial charge is 0.161 e. The van der Waals surface area contributed by atoms with Crippen LogP contribution in [0.2, 0.25) is 0 Å². The number of halogens is 1. The summed E-state index contributed by atoms with van der Waals surface area (Å²) in [6.45, 7) is 1.96. The molecule has 0 bridgehead atoms. The van der Waals surface area contributed by atoms with Crippen LogP contribution in [0.4, 0.5) is 4.39 Å². The van der Waals surface area contributed by atoms with Crippen LogP contribution in [-0.4, -0.2) is 21.0 Å². The van der Waals surface area contributed by atoms with Gasteiger partial charge in [0.15, 0.2) is 5.82 Å². The maximum absolute atomic E-state index is 12.2. The van der Waals surface area contributed by atoms with Gasteiger partial charge in [0.05, 0.1) is 25.0 Å². The van der Waals surface area contributed by atoms with E-state index in [1.54, 1.807) is 6.92 Å². The molecular weight excluding hydrogens is 135 g/mol. The molecule has 0 amide bonds. The zero-order valence-electron chi connectivity index (χ0n) is 5.66. The Kier molecular flexibility index (Phi) is 2.01. The van der Waals surface area contributed by atoms with Crippen LogP contribution in [0.15, 0.2) is 12.4 Å². The summed E-state index contributed by atoms with van der Waals surface area (Å²) in [5.74, 6) is -0.374.